The highest BCUT2D eigenvalue weighted by Crippen LogP contribution is 2.17. The van der Waals surface area contributed by atoms with Crippen molar-refractivity contribution in [3.8, 4) is 0 Å². The zero-order valence-electron chi connectivity index (χ0n) is 10.3. The Balaban J connectivity index is 1.75. The Morgan fingerprint density at radius 2 is 2.24 bits per heavy atom. The number of piperidine rings is 1. The number of nitrogens with two attached hydrogens (primary N) is 1. The van der Waals surface area contributed by atoms with Crippen molar-refractivity contribution < 1.29 is 0 Å². The zero-order valence-corrected chi connectivity index (χ0v) is 11.1. The van der Waals surface area contributed by atoms with E-state index in [1.165, 1.54) is 0 Å². The molecular formula is C12H20N4S. The van der Waals surface area contributed by atoms with Gasteiger partial charge in [0.15, 0.2) is 0 Å². The molecule has 0 aromatic carbocycles. The van der Waals surface area contributed by atoms with Gasteiger partial charge in [-0.3, -0.25) is 0 Å². The van der Waals surface area contributed by atoms with E-state index in [4.69, 9.17) is 18.0 Å². The van der Waals surface area contributed by atoms with Crippen molar-refractivity contribution in [3.63, 3.8) is 0 Å². The monoisotopic (exact) mass is 252 g/mol. The quantitative estimate of drug-likeness (QED) is 0.811. The van der Waals surface area contributed by atoms with Crippen molar-refractivity contribution in [2.45, 2.75) is 19.3 Å². The van der Waals surface area contributed by atoms with Crippen LogP contribution >= 0.6 is 12.2 Å². The molecule has 0 saturated carbocycles. The molecule has 0 unspecified atom stereocenters. The van der Waals surface area contributed by atoms with Crippen LogP contribution in [0.3, 0.4) is 0 Å². The molecule has 2 N–H and O–H groups in total. The molecule has 94 valence electrons. The highest BCUT2D eigenvalue weighted by molar-refractivity contribution is 7.80. The number of hydrogen-bond acceptors (Lipinski definition) is 3. The summed E-state index contributed by atoms with van der Waals surface area (Å²) in [6, 6.07) is 0. The summed E-state index contributed by atoms with van der Waals surface area (Å²) in [7, 11) is 2.04. The van der Waals surface area contributed by atoms with Gasteiger partial charge in [-0.25, -0.2) is 4.98 Å². The minimum absolute atomic E-state index is 0.453. The fraction of sp³-hybridized carbons (Fsp3) is 0.667. The van der Waals surface area contributed by atoms with Gasteiger partial charge < -0.3 is 15.2 Å². The molecule has 0 radical (unpaired) electrons. The number of nitrogens with zero attached hydrogens (tertiary/aromatic N) is 3. The molecule has 1 aliphatic rings. The maximum absolute atomic E-state index is 5.68. The van der Waals surface area contributed by atoms with E-state index in [9.17, 15) is 0 Å². The van der Waals surface area contributed by atoms with E-state index in [1.807, 2.05) is 19.4 Å². The summed E-state index contributed by atoms with van der Waals surface area (Å²) in [6.07, 6.45) is 7.08. The average molecular weight is 252 g/mol. The Morgan fingerprint density at radius 3 is 2.76 bits per heavy atom. The van der Waals surface area contributed by atoms with Gasteiger partial charge in [0.05, 0.1) is 4.99 Å². The first-order valence-corrected chi connectivity index (χ1v) is 6.55. The lowest BCUT2D eigenvalue weighted by Crippen LogP contribution is -2.39. The second-order valence-corrected chi connectivity index (χ2v) is 5.19. The highest BCUT2D eigenvalue weighted by Gasteiger charge is 2.20. The van der Waals surface area contributed by atoms with Gasteiger partial charge in [-0.05, 0) is 25.9 Å². The highest BCUT2D eigenvalue weighted by atomic mass is 32.1. The van der Waals surface area contributed by atoms with E-state index in [1.54, 1.807) is 0 Å². The predicted molar refractivity (Wildman–Crippen MR) is 72.9 cm³/mol. The van der Waals surface area contributed by atoms with Gasteiger partial charge >= 0.3 is 0 Å². The van der Waals surface area contributed by atoms with Gasteiger partial charge in [0, 0.05) is 38.3 Å². The smallest absolute Gasteiger partial charge is 0.109 e. The minimum atomic E-state index is 0.453. The molecule has 0 atom stereocenters. The van der Waals surface area contributed by atoms with Crippen LogP contribution in [0.5, 0.6) is 0 Å². The van der Waals surface area contributed by atoms with Crippen LogP contribution in [0.1, 0.15) is 18.7 Å². The van der Waals surface area contributed by atoms with Crippen molar-refractivity contribution in [2.75, 3.05) is 19.6 Å². The number of aromatic nitrogens is 2. The van der Waals surface area contributed by atoms with E-state index in [-0.39, 0.29) is 0 Å². The topological polar surface area (TPSA) is 47.1 Å². The van der Waals surface area contributed by atoms with Crippen LogP contribution in [0.2, 0.25) is 0 Å². The lowest BCUT2D eigenvalue weighted by atomic mass is 9.97. The number of rotatable bonds is 4. The van der Waals surface area contributed by atoms with Crippen LogP contribution in [0.4, 0.5) is 0 Å². The third kappa shape index (κ3) is 3.26. The van der Waals surface area contributed by atoms with Crippen LogP contribution in [0.15, 0.2) is 12.4 Å². The summed E-state index contributed by atoms with van der Waals surface area (Å²) in [6.45, 7) is 3.29. The number of aryl methyl sites for hydroxylation is 1. The van der Waals surface area contributed by atoms with Crippen LogP contribution < -0.4 is 5.73 Å². The van der Waals surface area contributed by atoms with Gasteiger partial charge in [-0.1, -0.05) is 12.2 Å². The van der Waals surface area contributed by atoms with Crippen molar-refractivity contribution in [1.29, 1.82) is 0 Å². The Morgan fingerprint density at radius 1 is 1.53 bits per heavy atom. The number of thiocarbonyl (C=S) groups is 1. The van der Waals surface area contributed by atoms with Gasteiger partial charge in [-0.15, -0.1) is 0 Å². The molecule has 1 saturated heterocycles. The summed E-state index contributed by atoms with van der Waals surface area (Å²) < 4.78 is 2.09. The first kappa shape index (κ1) is 12.5. The molecule has 1 aromatic heterocycles. The van der Waals surface area contributed by atoms with Gasteiger partial charge in [0.2, 0.25) is 0 Å². The first-order chi connectivity index (χ1) is 8.16. The fourth-order valence-electron chi connectivity index (χ4n) is 2.34. The van der Waals surface area contributed by atoms with E-state index < -0.39 is 0 Å². The molecule has 2 rings (SSSR count). The Bertz CT molecular complexity index is 380. The van der Waals surface area contributed by atoms with Gasteiger partial charge in [0.25, 0.3) is 0 Å². The van der Waals surface area contributed by atoms with Crippen molar-refractivity contribution in [1.82, 2.24) is 14.5 Å². The van der Waals surface area contributed by atoms with Crippen LogP contribution in [-0.2, 0) is 13.5 Å². The molecule has 0 amide bonds. The number of imidazole rings is 1. The van der Waals surface area contributed by atoms with Crippen LogP contribution in [0.25, 0.3) is 0 Å². The van der Waals surface area contributed by atoms with Gasteiger partial charge in [-0.2, -0.15) is 0 Å². The molecule has 17 heavy (non-hydrogen) atoms. The Labute approximate surface area is 108 Å². The molecular weight excluding hydrogens is 232 g/mol. The second-order valence-electron chi connectivity index (χ2n) is 4.72. The molecule has 1 aromatic rings. The van der Waals surface area contributed by atoms with Crippen LogP contribution in [-0.4, -0.2) is 39.1 Å². The largest absolute Gasteiger partial charge is 0.393 e. The van der Waals surface area contributed by atoms with E-state index in [2.05, 4.69) is 14.5 Å². The third-order valence-electron chi connectivity index (χ3n) is 3.56. The van der Waals surface area contributed by atoms with Crippen molar-refractivity contribution in [3.05, 3.63) is 18.2 Å². The average Bonchev–Trinajstić information content (AvgIpc) is 2.73. The molecule has 2 heterocycles. The third-order valence-corrected chi connectivity index (χ3v) is 3.90. The summed E-state index contributed by atoms with van der Waals surface area (Å²) in [5.41, 5.74) is 5.68. The molecule has 1 aliphatic heterocycles. The summed E-state index contributed by atoms with van der Waals surface area (Å²) in [4.78, 5) is 7.50. The van der Waals surface area contributed by atoms with Crippen molar-refractivity contribution in [2.24, 2.45) is 18.7 Å². The maximum Gasteiger partial charge on any atom is 0.109 e. The van der Waals surface area contributed by atoms with E-state index in [0.717, 1.165) is 44.7 Å². The molecule has 0 spiro atoms. The summed E-state index contributed by atoms with van der Waals surface area (Å²) in [5, 5.41) is 0. The predicted octanol–water partition coefficient (Wildman–Crippen LogP) is 0.961. The van der Waals surface area contributed by atoms with Crippen LogP contribution in [0, 0.1) is 5.92 Å². The standard InChI is InChI=1S/C12H20N4S/c1-15-9-5-14-11(15)4-8-16-6-2-10(3-7-16)12(13)17/h5,9-10H,2-4,6-8H2,1H3,(H2,13,17). The Hall–Kier alpha value is -0.940. The fourth-order valence-corrected chi connectivity index (χ4v) is 2.57. The van der Waals surface area contributed by atoms with Gasteiger partial charge in [0.1, 0.15) is 5.82 Å². The molecule has 1 fully saturated rings. The SMILES string of the molecule is Cn1ccnc1CCN1CCC(C(N)=S)CC1. The minimum Gasteiger partial charge on any atom is -0.393 e. The lowest BCUT2D eigenvalue weighted by molar-refractivity contribution is 0.210. The normalized spacial score (nSPS) is 18.4. The number of hydrogen-bond donors (Lipinski definition) is 1. The number of likely N-dealkylation sites (tertiary alicyclic amines) is 1. The molecule has 0 bridgehead atoms. The van der Waals surface area contributed by atoms with Crippen molar-refractivity contribution >= 4 is 17.2 Å². The summed E-state index contributed by atoms with van der Waals surface area (Å²) >= 11 is 5.05. The second kappa shape index (κ2) is 5.60. The Kier molecular flexibility index (Phi) is 4.12. The molecule has 4 nitrogen and oxygen atoms in total. The molecule has 0 aliphatic carbocycles. The first-order valence-electron chi connectivity index (χ1n) is 6.14. The lowest BCUT2D eigenvalue weighted by Gasteiger charge is -2.31. The van der Waals surface area contributed by atoms with E-state index in [0.29, 0.717) is 10.9 Å². The zero-order chi connectivity index (χ0) is 12.3. The molecule has 5 heteroatoms. The van der Waals surface area contributed by atoms with E-state index >= 15 is 0 Å². The summed E-state index contributed by atoms with van der Waals surface area (Å²) in [5.74, 6) is 1.61. The maximum atomic E-state index is 5.68.